The van der Waals surface area contributed by atoms with Crippen molar-refractivity contribution in [3.8, 4) is 0 Å². The van der Waals surface area contributed by atoms with Gasteiger partial charge in [-0.2, -0.15) is 13.2 Å². The molecular weight excluding hydrogens is 156 g/mol. The van der Waals surface area contributed by atoms with Crippen molar-refractivity contribution in [1.82, 2.24) is 0 Å². The third-order valence-electron chi connectivity index (χ3n) is 0.568. The molecule has 9 heavy (non-hydrogen) atoms. The zero-order chi connectivity index (χ0) is 7.49. The first-order valence-electron chi connectivity index (χ1n) is 2.00. The summed E-state index contributed by atoms with van der Waals surface area (Å²) >= 11 is 4.69. The number of alkyl halides is 4. The molecule has 0 bridgehead atoms. The number of aliphatic hydroxyl groups is 1. The van der Waals surface area contributed by atoms with Gasteiger partial charge >= 0.3 is 6.18 Å². The normalized spacial score (nSPS) is 16.4. The van der Waals surface area contributed by atoms with Gasteiger partial charge in [0.1, 0.15) is 0 Å². The monoisotopic (exact) mass is 160 g/mol. The minimum absolute atomic E-state index is 0.269. The summed E-state index contributed by atoms with van der Waals surface area (Å²) in [6.45, 7) is 0. The van der Waals surface area contributed by atoms with Crippen molar-refractivity contribution >= 4 is 11.6 Å². The van der Waals surface area contributed by atoms with Gasteiger partial charge in [-0.05, 0) is 6.08 Å². The van der Waals surface area contributed by atoms with Gasteiger partial charge in [0.05, 0.1) is 6.26 Å². The Bertz CT molecular complexity index is 109. The Balaban J connectivity index is 3.88. The first-order chi connectivity index (χ1) is 3.98. The summed E-state index contributed by atoms with van der Waals surface area (Å²) in [7, 11) is 0. The van der Waals surface area contributed by atoms with Crippen molar-refractivity contribution in [2.45, 2.75) is 11.6 Å². The molecule has 0 aliphatic rings. The molecular formula is C4H4ClF3O. The van der Waals surface area contributed by atoms with Crippen LogP contribution in [0.5, 0.6) is 0 Å². The van der Waals surface area contributed by atoms with E-state index in [2.05, 4.69) is 11.6 Å². The number of aliphatic hydroxyl groups excluding tert-OH is 1. The average Bonchev–Trinajstić information content (AvgIpc) is 1.64. The van der Waals surface area contributed by atoms with Crippen LogP contribution in [0.4, 0.5) is 13.2 Å². The highest BCUT2D eigenvalue weighted by Gasteiger charge is 2.36. The van der Waals surface area contributed by atoms with Crippen molar-refractivity contribution < 1.29 is 18.3 Å². The summed E-state index contributed by atoms with van der Waals surface area (Å²) in [6, 6.07) is 0. The van der Waals surface area contributed by atoms with Crippen LogP contribution in [0.25, 0.3) is 0 Å². The molecule has 1 N–H and O–H groups in total. The van der Waals surface area contributed by atoms with Crippen molar-refractivity contribution in [3.63, 3.8) is 0 Å². The summed E-state index contributed by atoms with van der Waals surface area (Å²) in [6.07, 6.45) is -3.76. The first-order valence-corrected chi connectivity index (χ1v) is 2.44. The molecule has 1 nitrogen and oxygen atoms in total. The van der Waals surface area contributed by atoms with Gasteiger partial charge in [-0.15, -0.1) is 11.6 Å². The maximum absolute atomic E-state index is 11.3. The molecule has 0 aromatic rings. The Labute approximate surface area is 54.7 Å². The highest BCUT2D eigenvalue weighted by Crippen LogP contribution is 2.25. The van der Waals surface area contributed by atoms with Crippen molar-refractivity contribution in [1.29, 1.82) is 0 Å². The standard InChI is InChI=1S/C4H4ClF3O/c5-3(1-2-9)4(6,7)8/h1-3,9H. The van der Waals surface area contributed by atoms with E-state index in [9.17, 15) is 13.2 Å². The van der Waals surface area contributed by atoms with Crippen LogP contribution in [-0.4, -0.2) is 16.7 Å². The molecule has 0 rings (SSSR count). The molecule has 0 aromatic heterocycles. The van der Waals surface area contributed by atoms with Gasteiger partial charge in [-0.25, -0.2) is 0 Å². The Morgan fingerprint density at radius 1 is 1.44 bits per heavy atom. The van der Waals surface area contributed by atoms with E-state index in [1.165, 1.54) is 0 Å². The molecule has 1 atom stereocenters. The zero-order valence-electron chi connectivity index (χ0n) is 4.19. The molecule has 0 aromatic carbocycles. The molecule has 0 aliphatic carbocycles. The number of rotatable bonds is 1. The maximum atomic E-state index is 11.3. The second kappa shape index (κ2) is 2.96. The summed E-state index contributed by atoms with van der Waals surface area (Å²) in [5, 5.41) is 5.74. The molecule has 0 amide bonds. The summed E-state index contributed by atoms with van der Waals surface area (Å²) in [5.74, 6) is 0. The predicted octanol–water partition coefficient (Wildman–Crippen LogP) is 2.23. The van der Waals surface area contributed by atoms with E-state index in [1.807, 2.05) is 0 Å². The fourth-order valence-electron chi connectivity index (χ4n) is 0.185. The third kappa shape index (κ3) is 3.24. The summed E-state index contributed by atoms with van der Waals surface area (Å²) < 4.78 is 34.0. The number of halogens is 4. The predicted molar refractivity (Wildman–Crippen MR) is 27.5 cm³/mol. The van der Waals surface area contributed by atoms with Crippen LogP contribution in [0.15, 0.2) is 12.3 Å². The number of allylic oxidation sites excluding steroid dienone is 1. The van der Waals surface area contributed by atoms with E-state index < -0.39 is 11.6 Å². The molecule has 54 valence electrons. The Kier molecular flexibility index (Phi) is 2.84. The lowest BCUT2D eigenvalue weighted by molar-refractivity contribution is -0.121. The lowest BCUT2D eigenvalue weighted by atomic mass is 10.4. The Morgan fingerprint density at radius 2 is 1.89 bits per heavy atom. The molecule has 0 saturated carbocycles. The highest BCUT2D eigenvalue weighted by molar-refractivity contribution is 6.22. The van der Waals surface area contributed by atoms with Crippen molar-refractivity contribution in [2.24, 2.45) is 0 Å². The van der Waals surface area contributed by atoms with Gasteiger partial charge in [0.2, 0.25) is 0 Å². The lowest BCUT2D eigenvalue weighted by Gasteiger charge is -2.06. The van der Waals surface area contributed by atoms with Crippen LogP contribution < -0.4 is 0 Å². The quantitative estimate of drug-likeness (QED) is 0.461. The van der Waals surface area contributed by atoms with Crippen LogP contribution in [0.1, 0.15) is 0 Å². The van der Waals surface area contributed by atoms with Gasteiger partial charge in [0.15, 0.2) is 5.38 Å². The van der Waals surface area contributed by atoms with Gasteiger partial charge in [-0.3, -0.25) is 0 Å². The molecule has 0 heterocycles. The Morgan fingerprint density at radius 3 is 2.00 bits per heavy atom. The molecule has 0 radical (unpaired) electrons. The third-order valence-corrected chi connectivity index (χ3v) is 0.961. The van der Waals surface area contributed by atoms with E-state index in [0.717, 1.165) is 0 Å². The van der Waals surface area contributed by atoms with Crippen LogP contribution >= 0.6 is 11.6 Å². The van der Waals surface area contributed by atoms with Gasteiger partial charge in [0, 0.05) is 0 Å². The van der Waals surface area contributed by atoms with Crippen LogP contribution in [0, 0.1) is 0 Å². The van der Waals surface area contributed by atoms with Crippen molar-refractivity contribution in [2.75, 3.05) is 0 Å². The fraction of sp³-hybridized carbons (Fsp3) is 0.500. The van der Waals surface area contributed by atoms with Crippen LogP contribution in [0.2, 0.25) is 0 Å². The van der Waals surface area contributed by atoms with Crippen LogP contribution in [0.3, 0.4) is 0 Å². The highest BCUT2D eigenvalue weighted by atomic mass is 35.5. The Hall–Kier alpha value is -0.380. The average molecular weight is 161 g/mol. The minimum Gasteiger partial charge on any atom is -0.516 e. The van der Waals surface area contributed by atoms with Crippen molar-refractivity contribution in [3.05, 3.63) is 12.3 Å². The van der Waals surface area contributed by atoms with E-state index in [0.29, 0.717) is 6.08 Å². The molecule has 0 fully saturated rings. The second-order valence-electron chi connectivity index (χ2n) is 1.28. The summed E-state index contributed by atoms with van der Waals surface area (Å²) in [4.78, 5) is 0. The molecule has 0 saturated heterocycles. The molecule has 5 heteroatoms. The topological polar surface area (TPSA) is 20.2 Å². The van der Waals surface area contributed by atoms with Crippen LogP contribution in [-0.2, 0) is 0 Å². The number of hydrogen-bond donors (Lipinski definition) is 1. The van der Waals surface area contributed by atoms with E-state index >= 15 is 0 Å². The largest absolute Gasteiger partial charge is 0.516 e. The van der Waals surface area contributed by atoms with E-state index in [1.54, 1.807) is 0 Å². The molecule has 0 aliphatic heterocycles. The van der Waals surface area contributed by atoms with Gasteiger partial charge in [-0.1, -0.05) is 0 Å². The van der Waals surface area contributed by atoms with Gasteiger partial charge < -0.3 is 5.11 Å². The molecule has 1 unspecified atom stereocenters. The van der Waals surface area contributed by atoms with E-state index in [4.69, 9.17) is 5.11 Å². The fourth-order valence-corrected chi connectivity index (χ4v) is 0.250. The van der Waals surface area contributed by atoms with E-state index in [-0.39, 0.29) is 6.26 Å². The second-order valence-corrected chi connectivity index (χ2v) is 1.76. The molecule has 0 spiro atoms. The maximum Gasteiger partial charge on any atom is 0.408 e. The van der Waals surface area contributed by atoms with Gasteiger partial charge in [0.25, 0.3) is 0 Å². The summed E-state index contributed by atoms with van der Waals surface area (Å²) in [5.41, 5.74) is 0. The minimum atomic E-state index is -4.47. The smallest absolute Gasteiger partial charge is 0.408 e. The first kappa shape index (κ1) is 8.62. The SMILES string of the molecule is OC=CC(Cl)C(F)(F)F. The number of hydrogen-bond acceptors (Lipinski definition) is 1. The lowest BCUT2D eigenvalue weighted by Crippen LogP contribution is -2.20. The zero-order valence-corrected chi connectivity index (χ0v) is 4.95.